The van der Waals surface area contributed by atoms with Crippen molar-refractivity contribution in [1.29, 1.82) is 0 Å². The Bertz CT molecular complexity index is 613. The Morgan fingerprint density at radius 3 is 2.42 bits per heavy atom. The summed E-state index contributed by atoms with van der Waals surface area (Å²) in [5.74, 6) is -1.63. The van der Waals surface area contributed by atoms with E-state index < -0.39 is 27.4 Å². The van der Waals surface area contributed by atoms with Crippen LogP contribution in [-0.2, 0) is 19.6 Å². The Balaban J connectivity index is 1.93. The van der Waals surface area contributed by atoms with E-state index in [1.807, 2.05) is 13.8 Å². The highest BCUT2D eigenvalue weighted by Crippen LogP contribution is 2.34. The lowest BCUT2D eigenvalue weighted by Crippen LogP contribution is -2.57. The van der Waals surface area contributed by atoms with Gasteiger partial charge in [-0.2, -0.15) is 0 Å². The van der Waals surface area contributed by atoms with E-state index in [1.54, 1.807) is 0 Å². The number of hydrogen-bond donors (Lipinski definition) is 2. The van der Waals surface area contributed by atoms with Gasteiger partial charge in [-0.25, -0.2) is 12.7 Å². The molecule has 0 aromatic carbocycles. The summed E-state index contributed by atoms with van der Waals surface area (Å²) >= 11 is 0. The molecule has 1 saturated heterocycles. The summed E-state index contributed by atoms with van der Waals surface area (Å²) in [5.41, 5.74) is -0.717. The summed E-state index contributed by atoms with van der Waals surface area (Å²) < 4.78 is 26.0. The van der Waals surface area contributed by atoms with Gasteiger partial charge in [-0.15, -0.1) is 0 Å². The molecule has 0 aromatic heterocycles. The van der Waals surface area contributed by atoms with Crippen molar-refractivity contribution < 1.29 is 23.1 Å². The second-order valence-electron chi connectivity index (χ2n) is 7.89. The highest BCUT2D eigenvalue weighted by Gasteiger charge is 2.43. The van der Waals surface area contributed by atoms with Crippen LogP contribution in [0.3, 0.4) is 0 Å². The number of unbranched alkanes of at least 4 members (excludes halogenated alkanes) is 1. The maximum absolute atomic E-state index is 12.7. The first-order valence-corrected chi connectivity index (χ1v) is 11.3. The molecule has 1 aliphatic heterocycles. The maximum Gasteiger partial charge on any atom is 0.308 e. The number of piperidine rings is 1. The van der Waals surface area contributed by atoms with Crippen molar-refractivity contribution in [2.45, 2.75) is 70.8 Å². The lowest BCUT2D eigenvalue weighted by molar-refractivity contribution is -0.147. The molecule has 1 saturated carbocycles. The highest BCUT2D eigenvalue weighted by molar-refractivity contribution is 7.89. The number of carbonyl (C=O) groups is 2. The second kappa shape index (κ2) is 8.69. The minimum atomic E-state index is -3.23. The highest BCUT2D eigenvalue weighted by atomic mass is 32.2. The molecule has 1 amide bonds. The Morgan fingerprint density at radius 1 is 1.19 bits per heavy atom. The van der Waals surface area contributed by atoms with Crippen LogP contribution in [0.25, 0.3) is 0 Å². The first-order chi connectivity index (χ1) is 12.2. The first-order valence-electron chi connectivity index (χ1n) is 9.72. The van der Waals surface area contributed by atoms with Crippen LogP contribution in [0.4, 0.5) is 0 Å². The molecule has 150 valence electrons. The van der Waals surface area contributed by atoms with Crippen molar-refractivity contribution in [2.24, 2.45) is 11.8 Å². The number of aliphatic carboxylic acids is 1. The van der Waals surface area contributed by atoms with Gasteiger partial charge in [0.1, 0.15) is 0 Å². The van der Waals surface area contributed by atoms with Crippen molar-refractivity contribution in [3.8, 4) is 0 Å². The van der Waals surface area contributed by atoms with Crippen LogP contribution in [0.1, 0.15) is 65.2 Å². The SMILES string of the molecule is CCCCS(=O)(=O)N1CCC(C(=O)NC2(C)CCCCC2C(=O)O)CC1. The third kappa shape index (κ3) is 4.97. The molecular formula is C18H32N2O5S. The monoisotopic (exact) mass is 388 g/mol. The number of nitrogens with zero attached hydrogens (tertiary/aromatic N) is 1. The van der Waals surface area contributed by atoms with E-state index >= 15 is 0 Å². The van der Waals surface area contributed by atoms with Gasteiger partial charge in [0.05, 0.1) is 17.2 Å². The fourth-order valence-electron chi connectivity index (χ4n) is 4.11. The zero-order chi connectivity index (χ0) is 19.4. The zero-order valence-electron chi connectivity index (χ0n) is 15.9. The van der Waals surface area contributed by atoms with E-state index in [-0.39, 0.29) is 17.6 Å². The third-order valence-electron chi connectivity index (χ3n) is 5.89. The van der Waals surface area contributed by atoms with Gasteiger partial charge in [0.15, 0.2) is 0 Å². The number of sulfonamides is 1. The van der Waals surface area contributed by atoms with Crippen LogP contribution >= 0.6 is 0 Å². The van der Waals surface area contributed by atoms with Gasteiger partial charge < -0.3 is 10.4 Å². The fourth-order valence-corrected chi connectivity index (χ4v) is 5.79. The van der Waals surface area contributed by atoms with Crippen molar-refractivity contribution in [2.75, 3.05) is 18.8 Å². The summed E-state index contributed by atoms with van der Waals surface area (Å²) in [6, 6.07) is 0. The Hall–Kier alpha value is -1.15. The summed E-state index contributed by atoms with van der Waals surface area (Å²) in [4.78, 5) is 24.2. The molecule has 1 aliphatic carbocycles. The Morgan fingerprint density at radius 2 is 1.85 bits per heavy atom. The topological polar surface area (TPSA) is 104 Å². The number of amides is 1. The van der Waals surface area contributed by atoms with Gasteiger partial charge in [-0.3, -0.25) is 9.59 Å². The first kappa shape index (κ1) is 21.2. The number of hydrogen-bond acceptors (Lipinski definition) is 4. The molecule has 26 heavy (non-hydrogen) atoms. The zero-order valence-corrected chi connectivity index (χ0v) is 16.7. The van der Waals surface area contributed by atoms with Crippen LogP contribution in [0, 0.1) is 11.8 Å². The standard InChI is InChI=1S/C18H32N2O5S/c1-3-4-13-26(24,25)20-11-8-14(9-12-20)16(21)19-18(2)10-6-5-7-15(18)17(22)23/h14-15H,3-13H2,1-2H3,(H,19,21)(H,22,23). The molecule has 0 aromatic rings. The predicted octanol–water partition coefficient (Wildman–Crippen LogP) is 1.98. The van der Waals surface area contributed by atoms with Crippen LogP contribution in [-0.4, -0.2) is 54.1 Å². The average molecular weight is 389 g/mol. The molecule has 2 aliphatic rings. The Kier molecular flexibility index (Phi) is 7.07. The molecule has 2 atom stereocenters. The van der Waals surface area contributed by atoms with E-state index in [1.165, 1.54) is 4.31 Å². The minimum Gasteiger partial charge on any atom is -0.481 e. The van der Waals surface area contributed by atoms with Crippen molar-refractivity contribution in [1.82, 2.24) is 9.62 Å². The quantitative estimate of drug-likeness (QED) is 0.694. The molecule has 2 fully saturated rings. The lowest BCUT2D eigenvalue weighted by Gasteiger charge is -2.41. The third-order valence-corrected chi connectivity index (χ3v) is 7.85. The normalized spacial score (nSPS) is 28.6. The summed E-state index contributed by atoms with van der Waals surface area (Å²) in [7, 11) is -3.23. The predicted molar refractivity (Wildman–Crippen MR) is 99.1 cm³/mol. The van der Waals surface area contributed by atoms with E-state index in [2.05, 4.69) is 5.32 Å². The van der Waals surface area contributed by atoms with E-state index in [0.29, 0.717) is 45.2 Å². The van der Waals surface area contributed by atoms with Gasteiger partial charge >= 0.3 is 5.97 Å². The molecule has 7 nitrogen and oxygen atoms in total. The number of carboxylic acids is 1. The average Bonchev–Trinajstić information content (AvgIpc) is 2.60. The van der Waals surface area contributed by atoms with Crippen LogP contribution in [0.15, 0.2) is 0 Å². The van der Waals surface area contributed by atoms with Crippen LogP contribution < -0.4 is 5.32 Å². The molecule has 0 radical (unpaired) electrons. The molecule has 0 bridgehead atoms. The van der Waals surface area contributed by atoms with E-state index in [0.717, 1.165) is 19.3 Å². The Labute approximate surface area is 156 Å². The van der Waals surface area contributed by atoms with Crippen molar-refractivity contribution in [3.63, 3.8) is 0 Å². The number of rotatable bonds is 7. The second-order valence-corrected chi connectivity index (χ2v) is 9.97. The molecule has 0 spiro atoms. The van der Waals surface area contributed by atoms with Crippen LogP contribution in [0.5, 0.6) is 0 Å². The largest absolute Gasteiger partial charge is 0.481 e. The summed E-state index contributed by atoms with van der Waals surface area (Å²) in [6.07, 6.45) is 5.50. The number of carbonyl (C=O) groups excluding carboxylic acids is 1. The molecule has 2 unspecified atom stereocenters. The summed E-state index contributed by atoms with van der Waals surface area (Å²) in [6.45, 7) is 4.52. The lowest BCUT2D eigenvalue weighted by atomic mass is 9.73. The minimum absolute atomic E-state index is 0.133. The van der Waals surface area contributed by atoms with Crippen molar-refractivity contribution >= 4 is 21.9 Å². The number of nitrogens with one attached hydrogen (secondary N) is 1. The van der Waals surface area contributed by atoms with Gasteiger partial charge in [0.25, 0.3) is 0 Å². The van der Waals surface area contributed by atoms with E-state index in [4.69, 9.17) is 0 Å². The molecule has 8 heteroatoms. The van der Waals surface area contributed by atoms with E-state index in [9.17, 15) is 23.1 Å². The smallest absolute Gasteiger partial charge is 0.308 e. The van der Waals surface area contributed by atoms with Crippen molar-refractivity contribution in [3.05, 3.63) is 0 Å². The maximum atomic E-state index is 12.7. The summed E-state index contributed by atoms with van der Waals surface area (Å²) in [5, 5.41) is 12.5. The molecular weight excluding hydrogens is 356 g/mol. The van der Waals surface area contributed by atoms with Gasteiger partial charge in [0, 0.05) is 19.0 Å². The van der Waals surface area contributed by atoms with Gasteiger partial charge in [-0.05, 0) is 39.0 Å². The van der Waals surface area contributed by atoms with Crippen LogP contribution in [0.2, 0.25) is 0 Å². The molecule has 2 rings (SSSR count). The fraction of sp³-hybridized carbons (Fsp3) is 0.889. The number of carboxylic acid groups (broad SMARTS) is 1. The molecule has 2 N–H and O–H groups in total. The van der Waals surface area contributed by atoms with Gasteiger partial charge in [0.2, 0.25) is 15.9 Å². The van der Waals surface area contributed by atoms with Gasteiger partial charge in [-0.1, -0.05) is 26.2 Å². The molecule has 1 heterocycles.